The van der Waals surface area contributed by atoms with Crippen molar-refractivity contribution >= 4 is 5.91 Å². The minimum atomic E-state index is 0.223. The lowest BCUT2D eigenvalue weighted by atomic mass is 10.0. The Balaban J connectivity index is 1.53. The van der Waals surface area contributed by atoms with Crippen LogP contribution in [0.2, 0.25) is 0 Å². The van der Waals surface area contributed by atoms with Gasteiger partial charge in [0.25, 0.3) is 0 Å². The van der Waals surface area contributed by atoms with Crippen LogP contribution < -0.4 is 0 Å². The molecule has 19 heavy (non-hydrogen) atoms. The maximum Gasteiger partial charge on any atom is 0.226 e. The predicted octanol–water partition coefficient (Wildman–Crippen LogP) is 0.949. The highest BCUT2D eigenvalue weighted by Gasteiger charge is 2.55. The molecule has 4 nitrogen and oxygen atoms in total. The summed E-state index contributed by atoms with van der Waals surface area (Å²) in [5.74, 6) is 2.24. The monoisotopic (exact) mass is 266 g/mol. The summed E-state index contributed by atoms with van der Waals surface area (Å²) in [6, 6.07) is 0. The summed E-state index contributed by atoms with van der Waals surface area (Å²) in [7, 11) is 0. The van der Waals surface area contributed by atoms with Crippen LogP contribution in [-0.4, -0.2) is 60.1 Å². The Morgan fingerprint density at radius 3 is 2.42 bits per heavy atom. The Hall–Kier alpha value is -0.610. The molecule has 0 bridgehead atoms. The first-order chi connectivity index (χ1) is 9.31. The lowest BCUT2D eigenvalue weighted by Crippen LogP contribution is -2.37. The van der Waals surface area contributed by atoms with Gasteiger partial charge in [-0.2, -0.15) is 0 Å². The van der Waals surface area contributed by atoms with Gasteiger partial charge >= 0.3 is 0 Å². The van der Waals surface area contributed by atoms with E-state index < -0.39 is 0 Å². The number of rotatable bonds is 3. The summed E-state index contributed by atoms with van der Waals surface area (Å²) in [5.41, 5.74) is 0. The fourth-order valence-electron chi connectivity index (χ4n) is 4.13. The van der Waals surface area contributed by atoms with E-state index in [-0.39, 0.29) is 6.61 Å². The molecule has 0 aromatic carbocycles. The Morgan fingerprint density at radius 1 is 1.00 bits per heavy atom. The molecule has 0 aromatic rings. The third-order valence-corrected chi connectivity index (χ3v) is 5.26. The van der Waals surface area contributed by atoms with Crippen LogP contribution >= 0.6 is 0 Å². The molecular weight excluding hydrogens is 240 g/mol. The Labute approximate surface area is 115 Å². The van der Waals surface area contributed by atoms with Gasteiger partial charge < -0.3 is 10.0 Å². The average molecular weight is 266 g/mol. The molecule has 3 aliphatic rings. The van der Waals surface area contributed by atoms with E-state index in [1.54, 1.807) is 0 Å². The van der Waals surface area contributed by atoms with Crippen LogP contribution in [0.4, 0.5) is 0 Å². The van der Waals surface area contributed by atoms with Gasteiger partial charge in [0.15, 0.2) is 0 Å². The molecule has 108 valence electrons. The summed E-state index contributed by atoms with van der Waals surface area (Å²) in [6.07, 6.45) is 6.27. The van der Waals surface area contributed by atoms with Crippen LogP contribution in [0.15, 0.2) is 0 Å². The summed E-state index contributed by atoms with van der Waals surface area (Å²) in [5, 5.41) is 9.00. The van der Waals surface area contributed by atoms with E-state index in [1.165, 1.54) is 25.7 Å². The van der Waals surface area contributed by atoms with Crippen molar-refractivity contribution in [1.29, 1.82) is 0 Å². The largest absolute Gasteiger partial charge is 0.395 e. The topological polar surface area (TPSA) is 43.8 Å². The van der Waals surface area contributed by atoms with Crippen molar-refractivity contribution < 1.29 is 9.90 Å². The fourth-order valence-corrected chi connectivity index (χ4v) is 4.13. The molecule has 1 aliphatic heterocycles. The smallest absolute Gasteiger partial charge is 0.226 e. The summed E-state index contributed by atoms with van der Waals surface area (Å²) < 4.78 is 0. The number of nitrogens with zero attached hydrogens (tertiary/aromatic N) is 2. The summed E-state index contributed by atoms with van der Waals surface area (Å²) in [6.45, 7) is 4.68. The highest BCUT2D eigenvalue weighted by atomic mass is 16.3. The number of aliphatic hydroxyl groups excluding tert-OH is 1. The molecule has 1 saturated heterocycles. The molecule has 1 amide bonds. The van der Waals surface area contributed by atoms with Crippen molar-refractivity contribution in [1.82, 2.24) is 9.80 Å². The quantitative estimate of drug-likeness (QED) is 0.827. The molecule has 0 spiro atoms. The van der Waals surface area contributed by atoms with Crippen LogP contribution in [0.1, 0.15) is 32.1 Å². The third kappa shape index (κ3) is 2.79. The molecule has 2 saturated carbocycles. The highest BCUT2D eigenvalue weighted by Crippen LogP contribution is 2.56. The van der Waals surface area contributed by atoms with Crippen molar-refractivity contribution in [3.63, 3.8) is 0 Å². The number of amides is 1. The van der Waals surface area contributed by atoms with Gasteiger partial charge in [0, 0.05) is 32.1 Å². The minimum Gasteiger partial charge on any atom is -0.395 e. The van der Waals surface area contributed by atoms with Gasteiger partial charge in [-0.15, -0.1) is 0 Å². The van der Waals surface area contributed by atoms with Crippen LogP contribution in [0.5, 0.6) is 0 Å². The second-order valence-corrected chi connectivity index (χ2v) is 6.38. The van der Waals surface area contributed by atoms with Crippen molar-refractivity contribution in [3.05, 3.63) is 0 Å². The molecule has 2 aliphatic carbocycles. The fraction of sp³-hybridized carbons (Fsp3) is 0.933. The van der Waals surface area contributed by atoms with E-state index in [0.717, 1.165) is 51.0 Å². The summed E-state index contributed by atoms with van der Waals surface area (Å²) in [4.78, 5) is 17.0. The second-order valence-electron chi connectivity index (χ2n) is 6.38. The number of hydrogen-bond donors (Lipinski definition) is 1. The molecule has 1 N–H and O–H groups in total. The van der Waals surface area contributed by atoms with Crippen molar-refractivity contribution in [2.45, 2.75) is 32.1 Å². The molecule has 1 heterocycles. The van der Waals surface area contributed by atoms with Gasteiger partial charge in [0.2, 0.25) is 5.91 Å². The first-order valence-corrected chi connectivity index (χ1v) is 7.93. The average Bonchev–Trinajstić information content (AvgIpc) is 3.18. The van der Waals surface area contributed by atoms with Gasteiger partial charge in [-0.1, -0.05) is 12.8 Å². The molecule has 2 unspecified atom stereocenters. The van der Waals surface area contributed by atoms with Crippen molar-refractivity contribution in [2.24, 2.45) is 17.8 Å². The van der Waals surface area contributed by atoms with E-state index in [0.29, 0.717) is 11.8 Å². The third-order valence-electron chi connectivity index (χ3n) is 5.26. The molecule has 3 fully saturated rings. The number of fused-ring (bicyclic) bond motifs is 1. The number of β-amino-alcohol motifs (C(OH)–C–C–N with tert-alkyl or cyclic N) is 1. The molecule has 4 heteroatoms. The van der Waals surface area contributed by atoms with E-state index in [4.69, 9.17) is 5.11 Å². The van der Waals surface area contributed by atoms with Crippen molar-refractivity contribution in [2.75, 3.05) is 39.3 Å². The van der Waals surface area contributed by atoms with Gasteiger partial charge in [-0.05, 0) is 37.6 Å². The van der Waals surface area contributed by atoms with Gasteiger partial charge in [0.05, 0.1) is 6.61 Å². The minimum absolute atomic E-state index is 0.223. The molecular formula is C15H26N2O2. The molecule has 0 aromatic heterocycles. The zero-order valence-corrected chi connectivity index (χ0v) is 11.8. The van der Waals surface area contributed by atoms with E-state index >= 15 is 0 Å². The lowest BCUT2D eigenvalue weighted by molar-refractivity contribution is -0.133. The lowest BCUT2D eigenvalue weighted by Gasteiger charge is -2.21. The van der Waals surface area contributed by atoms with Gasteiger partial charge in [-0.25, -0.2) is 0 Å². The zero-order chi connectivity index (χ0) is 13.2. The standard InChI is InChI=1S/C15H26N2O2/c18-11-10-16-6-3-7-17(9-8-16)15(19)14-12-4-1-2-5-13(12)14/h12-14,18H,1-11H2. The molecule has 0 radical (unpaired) electrons. The van der Waals surface area contributed by atoms with Crippen LogP contribution in [0, 0.1) is 17.8 Å². The van der Waals surface area contributed by atoms with Gasteiger partial charge in [0.1, 0.15) is 0 Å². The SMILES string of the molecule is O=C(C1C2CCCCC21)N1CCCN(CCO)CC1. The normalized spacial score (nSPS) is 35.6. The summed E-state index contributed by atoms with van der Waals surface area (Å²) >= 11 is 0. The van der Waals surface area contributed by atoms with Crippen LogP contribution in [0.25, 0.3) is 0 Å². The van der Waals surface area contributed by atoms with Crippen molar-refractivity contribution in [3.8, 4) is 0 Å². The number of aliphatic hydroxyl groups is 1. The predicted molar refractivity (Wildman–Crippen MR) is 73.7 cm³/mol. The van der Waals surface area contributed by atoms with Crippen LogP contribution in [0.3, 0.4) is 0 Å². The number of hydrogen-bond acceptors (Lipinski definition) is 3. The van der Waals surface area contributed by atoms with Gasteiger partial charge in [-0.3, -0.25) is 9.69 Å². The maximum atomic E-state index is 12.6. The second kappa shape index (κ2) is 5.80. The maximum absolute atomic E-state index is 12.6. The molecule has 3 rings (SSSR count). The zero-order valence-electron chi connectivity index (χ0n) is 11.8. The highest BCUT2D eigenvalue weighted by molar-refractivity contribution is 5.82. The van der Waals surface area contributed by atoms with E-state index in [9.17, 15) is 4.79 Å². The Morgan fingerprint density at radius 2 is 1.74 bits per heavy atom. The first kappa shape index (κ1) is 13.4. The van der Waals surface area contributed by atoms with Crippen LogP contribution in [-0.2, 0) is 4.79 Å². The van der Waals surface area contributed by atoms with E-state index in [2.05, 4.69) is 9.80 Å². The Kier molecular flexibility index (Phi) is 4.08. The number of carbonyl (C=O) groups excluding carboxylic acids is 1. The Bertz CT molecular complexity index is 322. The first-order valence-electron chi connectivity index (χ1n) is 7.93. The number of carbonyl (C=O) groups is 1. The molecule has 2 atom stereocenters. The van der Waals surface area contributed by atoms with E-state index in [1.807, 2.05) is 0 Å².